The van der Waals surface area contributed by atoms with Crippen LogP contribution in [0.5, 0.6) is 0 Å². The van der Waals surface area contributed by atoms with Crippen molar-refractivity contribution in [1.29, 1.82) is 0 Å². The lowest BCUT2D eigenvalue weighted by atomic mass is 10.2. The Labute approximate surface area is 160 Å². The predicted molar refractivity (Wildman–Crippen MR) is 103 cm³/mol. The van der Waals surface area contributed by atoms with E-state index in [9.17, 15) is 9.59 Å². The van der Waals surface area contributed by atoms with Crippen molar-refractivity contribution in [2.75, 3.05) is 11.9 Å². The van der Waals surface area contributed by atoms with Crippen molar-refractivity contribution >= 4 is 28.3 Å². The minimum Gasteiger partial charge on any atom is -0.335 e. The standard InChI is InChI=1S/C19H19N5O2S/c25-17(22-19-21-11-16(27-19)14-5-2-1-3-6-14)18(26)24-9-4-7-15(24)12-23-10-8-20-13-23/h1-3,5-6,8,10-11,13,15H,4,7,9,12H2,(H,21,22,25). The van der Waals surface area contributed by atoms with E-state index in [-0.39, 0.29) is 6.04 Å². The van der Waals surface area contributed by atoms with Gasteiger partial charge in [0.25, 0.3) is 0 Å². The maximum Gasteiger partial charge on any atom is 0.315 e. The summed E-state index contributed by atoms with van der Waals surface area (Å²) < 4.78 is 1.93. The number of benzene rings is 1. The van der Waals surface area contributed by atoms with Gasteiger partial charge in [0.2, 0.25) is 0 Å². The summed E-state index contributed by atoms with van der Waals surface area (Å²) in [5.41, 5.74) is 1.03. The van der Waals surface area contributed by atoms with Crippen molar-refractivity contribution in [1.82, 2.24) is 19.4 Å². The van der Waals surface area contributed by atoms with Crippen LogP contribution in [-0.4, -0.2) is 43.8 Å². The van der Waals surface area contributed by atoms with Crippen LogP contribution in [0.15, 0.2) is 55.2 Å². The molecule has 3 aromatic rings. The molecule has 138 valence electrons. The molecule has 1 aliphatic rings. The quantitative estimate of drug-likeness (QED) is 0.705. The highest BCUT2D eigenvalue weighted by Crippen LogP contribution is 2.28. The molecule has 7 nitrogen and oxygen atoms in total. The second-order valence-electron chi connectivity index (χ2n) is 6.40. The molecule has 0 spiro atoms. The van der Waals surface area contributed by atoms with Crippen LogP contribution in [0.2, 0.25) is 0 Å². The van der Waals surface area contributed by atoms with Gasteiger partial charge in [-0.1, -0.05) is 41.7 Å². The third-order valence-corrected chi connectivity index (χ3v) is 5.56. The van der Waals surface area contributed by atoms with Crippen molar-refractivity contribution in [3.05, 3.63) is 55.2 Å². The van der Waals surface area contributed by atoms with E-state index in [1.54, 1.807) is 23.6 Å². The maximum absolute atomic E-state index is 12.6. The van der Waals surface area contributed by atoms with Crippen molar-refractivity contribution in [2.24, 2.45) is 0 Å². The molecule has 2 amide bonds. The molecule has 27 heavy (non-hydrogen) atoms. The molecule has 2 aromatic heterocycles. The third kappa shape index (κ3) is 3.90. The summed E-state index contributed by atoms with van der Waals surface area (Å²) >= 11 is 1.35. The van der Waals surface area contributed by atoms with Gasteiger partial charge >= 0.3 is 11.8 Å². The lowest BCUT2D eigenvalue weighted by Gasteiger charge is -2.24. The first-order chi connectivity index (χ1) is 13.2. The van der Waals surface area contributed by atoms with Gasteiger partial charge in [0.15, 0.2) is 5.13 Å². The fourth-order valence-electron chi connectivity index (χ4n) is 3.28. The Kier molecular flexibility index (Phi) is 4.97. The fourth-order valence-corrected chi connectivity index (χ4v) is 4.10. The highest BCUT2D eigenvalue weighted by atomic mass is 32.1. The lowest BCUT2D eigenvalue weighted by Crippen LogP contribution is -2.44. The first-order valence-electron chi connectivity index (χ1n) is 8.79. The van der Waals surface area contributed by atoms with Crippen molar-refractivity contribution in [3.63, 3.8) is 0 Å². The van der Waals surface area contributed by atoms with Crippen molar-refractivity contribution < 1.29 is 9.59 Å². The van der Waals surface area contributed by atoms with E-state index in [0.29, 0.717) is 18.2 Å². The van der Waals surface area contributed by atoms with E-state index in [4.69, 9.17) is 0 Å². The largest absolute Gasteiger partial charge is 0.335 e. The Hall–Kier alpha value is -3.00. The van der Waals surface area contributed by atoms with Gasteiger partial charge < -0.3 is 9.47 Å². The Balaban J connectivity index is 1.40. The van der Waals surface area contributed by atoms with E-state index in [0.717, 1.165) is 23.3 Å². The van der Waals surface area contributed by atoms with Crippen LogP contribution in [0.25, 0.3) is 10.4 Å². The van der Waals surface area contributed by atoms with Gasteiger partial charge in [0.1, 0.15) is 0 Å². The van der Waals surface area contributed by atoms with Gasteiger partial charge in [0.05, 0.1) is 17.2 Å². The number of amides is 2. The number of imidazole rings is 1. The molecule has 0 aliphatic carbocycles. The maximum atomic E-state index is 12.6. The van der Waals surface area contributed by atoms with Crippen molar-refractivity contribution in [2.45, 2.75) is 25.4 Å². The molecule has 4 rings (SSSR count). The van der Waals surface area contributed by atoms with Crippen LogP contribution in [0.1, 0.15) is 12.8 Å². The van der Waals surface area contributed by atoms with Crippen LogP contribution < -0.4 is 5.32 Å². The number of anilines is 1. The van der Waals surface area contributed by atoms with Gasteiger partial charge in [-0.2, -0.15) is 0 Å². The molecule has 1 aromatic carbocycles. The number of thiazole rings is 1. The summed E-state index contributed by atoms with van der Waals surface area (Å²) in [4.78, 5) is 35.9. The second-order valence-corrected chi connectivity index (χ2v) is 7.43. The molecule has 1 aliphatic heterocycles. The molecule has 0 bridgehead atoms. The van der Waals surface area contributed by atoms with E-state index < -0.39 is 11.8 Å². The number of nitrogens with zero attached hydrogens (tertiary/aromatic N) is 4. The normalized spacial score (nSPS) is 16.4. The monoisotopic (exact) mass is 381 g/mol. The van der Waals surface area contributed by atoms with Gasteiger partial charge in [0, 0.05) is 31.7 Å². The summed E-state index contributed by atoms with van der Waals surface area (Å²) in [6.45, 7) is 1.24. The number of hydrogen-bond acceptors (Lipinski definition) is 5. The molecule has 1 N–H and O–H groups in total. The van der Waals surface area contributed by atoms with Crippen molar-refractivity contribution in [3.8, 4) is 10.4 Å². The van der Waals surface area contributed by atoms with Crippen LogP contribution in [0, 0.1) is 0 Å². The van der Waals surface area contributed by atoms with Crippen LogP contribution in [0.3, 0.4) is 0 Å². The number of carbonyl (C=O) groups excluding carboxylic acids is 2. The third-order valence-electron chi connectivity index (χ3n) is 4.60. The molecule has 1 saturated heterocycles. The van der Waals surface area contributed by atoms with Crippen LogP contribution in [-0.2, 0) is 16.1 Å². The van der Waals surface area contributed by atoms with Gasteiger partial charge in [-0.05, 0) is 18.4 Å². The summed E-state index contributed by atoms with van der Waals surface area (Å²) in [6, 6.07) is 9.82. The average Bonchev–Trinajstić information content (AvgIpc) is 3.44. The lowest BCUT2D eigenvalue weighted by molar-refractivity contribution is -0.143. The number of likely N-dealkylation sites (tertiary alicyclic amines) is 1. The molecular formula is C19H19N5O2S. The summed E-state index contributed by atoms with van der Waals surface area (Å²) in [5, 5.41) is 3.07. The molecule has 0 radical (unpaired) electrons. The van der Waals surface area contributed by atoms with Gasteiger partial charge in [-0.25, -0.2) is 9.97 Å². The highest BCUT2D eigenvalue weighted by Gasteiger charge is 2.33. The number of aromatic nitrogens is 3. The summed E-state index contributed by atoms with van der Waals surface area (Å²) in [5.74, 6) is -1.14. The smallest absolute Gasteiger partial charge is 0.315 e. The molecule has 8 heteroatoms. The molecule has 0 saturated carbocycles. The Morgan fingerprint density at radius 2 is 2.11 bits per heavy atom. The minimum atomic E-state index is -0.638. The highest BCUT2D eigenvalue weighted by molar-refractivity contribution is 7.19. The number of nitrogens with one attached hydrogen (secondary N) is 1. The Bertz CT molecular complexity index is 923. The number of hydrogen-bond donors (Lipinski definition) is 1. The summed E-state index contributed by atoms with van der Waals surface area (Å²) in [7, 11) is 0. The first kappa shape index (κ1) is 17.4. The molecule has 1 unspecified atom stereocenters. The predicted octanol–water partition coefficient (Wildman–Crippen LogP) is 2.64. The topological polar surface area (TPSA) is 80.1 Å². The van der Waals surface area contributed by atoms with Gasteiger partial charge in [-0.3, -0.25) is 14.9 Å². The second kappa shape index (κ2) is 7.71. The fraction of sp³-hybridized carbons (Fsp3) is 0.263. The van der Waals surface area contributed by atoms with E-state index in [1.165, 1.54) is 11.3 Å². The zero-order chi connectivity index (χ0) is 18.6. The molecular weight excluding hydrogens is 362 g/mol. The molecule has 1 atom stereocenters. The first-order valence-corrected chi connectivity index (χ1v) is 9.61. The molecule has 1 fully saturated rings. The molecule has 3 heterocycles. The minimum absolute atomic E-state index is 0.00799. The van der Waals surface area contributed by atoms with Crippen LogP contribution >= 0.6 is 11.3 Å². The van der Waals surface area contributed by atoms with E-state index in [2.05, 4.69) is 15.3 Å². The SMILES string of the molecule is O=C(Nc1ncc(-c2ccccc2)s1)C(=O)N1CCCC1Cn1ccnc1. The van der Waals surface area contributed by atoms with Crippen LogP contribution in [0.4, 0.5) is 5.13 Å². The average molecular weight is 381 g/mol. The zero-order valence-corrected chi connectivity index (χ0v) is 15.4. The number of rotatable bonds is 4. The Morgan fingerprint density at radius 1 is 1.26 bits per heavy atom. The summed E-state index contributed by atoms with van der Waals surface area (Å²) in [6.07, 6.45) is 8.78. The Morgan fingerprint density at radius 3 is 2.89 bits per heavy atom. The van der Waals surface area contributed by atoms with E-state index in [1.807, 2.05) is 41.1 Å². The zero-order valence-electron chi connectivity index (χ0n) is 14.6. The van der Waals surface area contributed by atoms with E-state index >= 15 is 0 Å². The van der Waals surface area contributed by atoms with Gasteiger partial charge in [-0.15, -0.1) is 0 Å². The number of carbonyl (C=O) groups is 2.